The van der Waals surface area contributed by atoms with Crippen LogP contribution in [0.5, 0.6) is 0 Å². The number of carboxylic acids is 1. The van der Waals surface area contributed by atoms with Gasteiger partial charge >= 0.3 is 5.97 Å². The van der Waals surface area contributed by atoms with Gasteiger partial charge < -0.3 is 15.1 Å². The van der Waals surface area contributed by atoms with Gasteiger partial charge in [0.15, 0.2) is 5.60 Å². The van der Waals surface area contributed by atoms with Crippen molar-refractivity contribution in [3.05, 3.63) is 0 Å². The Bertz CT molecular complexity index is 393. The molecule has 1 aliphatic heterocycles. The highest BCUT2D eigenvalue weighted by atomic mass is 16.4. The van der Waals surface area contributed by atoms with E-state index in [0.29, 0.717) is 19.0 Å². The van der Waals surface area contributed by atoms with Gasteiger partial charge in [0.25, 0.3) is 0 Å². The number of carbonyl (C=O) groups excluding carboxylic acids is 1. The summed E-state index contributed by atoms with van der Waals surface area (Å²) in [5, 5.41) is 18.9. The third-order valence-electron chi connectivity index (χ3n) is 4.84. The highest BCUT2D eigenvalue weighted by Crippen LogP contribution is 2.47. The molecule has 0 radical (unpaired) electrons. The zero-order valence-electron chi connectivity index (χ0n) is 12.4. The van der Waals surface area contributed by atoms with Gasteiger partial charge in [0.2, 0.25) is 5.91 Å². The molecule has 1 amide bonds. The normalized spacial score (nSPS) is 24.3. The summed E-state index contributed by atoms with van der Waals surface area (Å²) in [6, 6.07) is 0. The lowest BCUT2D eigenvalue weighted by Gasteiger charge is -2.46. The van der Waals surface area contributed by atoms with Crippen molar-refractivity contribution in [3.63, 3.8) is 0 Å². The van der Waals surface area contributed by atoms with Crippen molar-refractivity contribution in [2.45, 2.75) is 58.0 Å². The molecule has 0 unspecified atom stereocenters. The molecule has 5 nitrogen and oxygen atoms in total. The number of carboxylic acid groups (broad SMARTS) is 1. The molecule has 1 saturated carbocycles. The van der Waals surface area contributed by atoms with E-state index in [9.17, 15) is 14.7 Å². The van der Waals surface area contributed by atoms with Crippen molar-refractivity contribution in [3.8, 4) is 0 Å². The van der Waals surface area contributed by atoms with Crippen LogP contribution in [0, 0.1) is 11.3 Å². The van der Waals surface area contributed by atoms with Crippen LogP contribution in [0.15, 0.2) is 0 Å². The molecule has 0 aromatic heterocycles. The fraction of sp³-hybridized carbons (Fsp3) is 0.867. The molecule has 2 N–H and O–H groups in total. The minimum Gasteiger partial charge on any atom is -0.479 e. The van der Waals surface area contributed by atoms with E-state index in [-0.39, 0.29) is 24.2 Å². The number of likely N-dealkylation sites (tertiary alicyclic amines) is 1. The Labute approximate surface area is 120 Å². The number of hydrogen-bond donors (Lipinski definition) is 2. The van der Waals surface area contributed by atoms with Crippen molar-refractivity contribution in [1.29, 1.82) is 0 Å². The highest BCUT2D eigenvalue weighted by Gasteiger charge is 2.48. The number of aliphatic carboxylic acids is 1. The van der Waals surface area contributed by atoms with E-state index in [4.69, 9.17) is 5.11 Å². The summed E-state index contributed by atoms with van der Waals surface area (Å²) < 4.78 is 0. The standard InChI is InChI=1S/C15H25NO4/c1-11(2)10-14(4-3-5-14)12(17)16-8-6-15(20,7-9-16)13(18)19/h11,20H,3-10H2,1-2H3,(H,18,19). The molecule has 1 saturated heterocycles. The fourth-order valence-corrected chi connectivity index (χ4v) is 3.52. The van der Waals surface area contributed by atoms with Gasteiger partial charge in [0, 0.05) is 31.3 Å². The van der Waals surface area contributed by atoms with Crippen LogP contribution in [-0.4, -0.2) is 45.7 Å². The monoisotopic (exact) mass is 283 g/mol. The van der Waals surface area contributed by atoms with Gasteiger partial charge in [-0.1, -0.05) is 20.3 Å². The number of nitrogens with zero attached hydrogens (tertiary/aromatic N) is 1. The second-order valence-corrected chi connectivity index (χ2v) is 6.86. The zero-order valence-corrected chi connectivity index (χ0v) is 12.4. The molecule has 0 bridgehead atoms. The lowest BCUT2D eigenvalue weighted by Crippen LogP contribution is -2.55. The molecule has 114 valence electrons. The summed E-state index contributed by atoms with van der Waals surface area (Å²) in [5.74, 6) is -0.519. The summed E-state index contributed by atoms with van der Waals surface area (Å²) in [6.07, 6.45) is 4.17. The Morgan fingerprint density at radius 2 is 1.70 bits per heavy atom. The van der Waals surface area contributed by atoms with Crippen molar-refractivity contribution < 1.29 is 19.8 Å². The van der Waals surface area contributed by atoms with Gasteiger partial charge in [-0.2, -0.15) is 0 Å². The van der Waals surface area contributed by atoms with E-state index in [1.54, 1.807) is 4.90 Å². The van der Waals surface area contributed by atoms with Crippen LogP contribution in [-0.2, 0) is 9.59 Å². The molecule has 0 spiro atoms. The first-order chi connectivity index (χ1) is 9.29. The van der Waals surface area contributed by atoms with Crippen LogP contribution in [0.3, 0.4) is 0 Å². The lowest BCUT2D eigenvalue weighted by atomic mass is 9.63. The molecular formula is C15H25NO4. The largest absolute Gasteiger partial charge is 0.479 e. The van der Waals surface area contributed by atoms with E-state index in [0.717, 1.165) is 25.7 Å². The van der Waals surface area contributed by atoms with Crippen molar-refractivity contribution in [2.24, 2.45) is 11.3 Å². The van der Waals surface area contributed by atoms with Crippen LogP contribution >= 0.6 is 0 Å². The van der Waals surface area contributed by atoms with E-state index in [1.807, 2.05) is 0 Å². The Hall–Kier alpha value is -1.10. The number of hydrogen-bond acceptors (Lipinski definition) is 3. The molecule has 0 aromatic rings. The quantitative estimate of drug-likeness (QED) is 0.822. The predicted octanol–water partition coefficient (Wildman–Crippen LogP) is 1.64. The van der Waals surface area contributed by atoms with Crippen LogP contribution in [0.2, 0.25) is 0 Å². The third-order valence-corrected chi connectivity index (χ3v) is 4.84. The molecule has 2 fully saturated rings. The Balaban J connectivity index is 1.99. The van der Waals surface area contributed by atoms with Gasteiger partial charge in [-0.3, -0.25) is 4.79 Å². The second-order valence-electron chi connectivity index (χ2n) is 6.86. The minimum atomic E-state index is -1.65. The Morgan fingerprint density at radius 3 is 2.05 bits per heavy atom. The third kappa shape index (κ3) is 2.68. The molecule has 20 heavy (non-hydrogen) atoms. The molecular weight excluding hydrogens is 258 g/mol. The molecule has 0 aromatic carbocycles. The summed E-state index contributed by atoms with van der Waals surface area (Å²) in [7, 11) is 0. The van der Waals surface area contributed by atoms with Gasteiger partial charge in [0.1, 0.15) is 0 Å². The van der Waals surface area contributed by atoms with Gasteiger partial charge in [-0.05, 0) is 25.2 Å². The number of amides is 1. The Kier molecular flexibility index (Phi) is 4.09. The average Bonchev–Trinajstić information content (AvgIpc) is 2.33. The number of carbonyl (C=O) groups is 2. The van der Waals surface area contributed by atoms with Crippen LogP contribution in [0.4, 0.5) is 0 Å². The topological polar surface area (TPSA) is 77.8 Å². The first-order valence-corrected chi connectivity index (χ1v) is 7.54. The minimum absolute atomic E-state index is 0.131. The van der Waals surface area contributed by atoms with Crippen molar-refractivity contribution in [1.82, 2.24) is 4.90 Å². The maximum absolute atomic E-state index is 12.7. The highest BCUT2D eigenvalue weighted by molar-refractivity contribution is 5.84. The predicted molar refractivity (Wildman–Crippen MR) is 74.1 cm³/mol. The van der Waals surface area contributed by atoms with Gasteiger partial charge in [-0.25, -0.2) is 4.79 Å². The summed E-state index contributed by atoms with van der Waals surface area (Å²) in [6.45, 7) is 4.96. The van der Waals surface area contributed by atoms with E-state index >= 15 is 0 Å². The number of piperidine rings is 1. The number of aliphatic hydroxyl groups is 1. The molecule has 1 heterocycles. The number of rotatable bonds is 4. The zero-order chi connectivity index (χ0) is 15.0. The summed E-state index contributed by atoms with van der Waals surface area (Å²) >= 11 is 0. The van der Waals surface area contributed by atoms with Crippen molar-refractivity contribution >= 4 is 11.9 Å². The van der Waals surface area contributed by atoms with Gasteiger partial charge in [-0.15, -0.1) is 0 Å². The van der Waals surface area contributed by atoms with Crippen LogP contribution < -0.4 is 0 Å². The Morgan fingerprint density at radius 1 is 1.15 bits per heavy atom. The lowest BCUT2D eigenvalue weighted by molar-refractivity contribution is -0.168. The summed E-state index contributed by atoms with van der Waals surface area (Å²) in [5.41, 5.74) is -1.87. The van der Waals surface area contributed by atoms with E-state index in [1.165, 1.54) is 0 Å². The molecule has 0 atom stereocenters. The average molecular weight is 283 g/mol. The first-order valence-electron chi connectivity index (χ1n) is 7.54. The van der Waals surface area contributed by atoms with Gasteiger partial charge in [0.05, 0.1) is 0 Å². The molecule has 1 aliphatic carbocycles. The fourth-order valence-electron chi connectivity index (χ4n) is 3.52. The van der Waals surface area contributed by atoms with E-state index in [2.05, 4.69) is 13.8 Å². The molecule has 2 aliphatic rings. The van der Waals surface area contributed by atoms with Crippen LogP contribution in [0.1, 0.15) is 52.4 Å². The van der Waals surface area contributed by atoms with Crippen molar-refractivity contribution in [2.75, 3.05) is 13.1 Å². The molecule has 5 heteroatoms. The first kappa shape index (κ1) is 15.3. The smallest absolute Gasteiger partial charge is 0.335 e. The summed E-state index contributed by atoms with van der Waals surface area (Å²) in [4.78, 5) is 25.5. The molecule has 2 rings (SSSR count). The second kappa shape index (κ2) is 5.35. The maximum atomic E-state index is 12.7. The van der Waals surface area contributed by atoms with E-state index < -0.39 is 11.6 Å². The maximum Gasteiger partial charge on any atom is 0.335 e. The van der Waals surface area contributed by atoms with Crippen LogP contribution in [0.25, 0.3) is 0 Å². The SMILES string of the molecule is CC(C)CC1(C(=O)N2CCC(O)(C(=O)O)CC2)CCC1.